The number of nitrogen functional groups attached to an aromatic ring is 1. The van der Waals surface area contributed by atoms with Crippen LogP contribution in [0.15, 0.2) is 48.3 Å². The van der Waals surface area contributed by atoms with Gasteiger partial charge in [0.1, 0.15) is 5.82 Å². The highest BCUT2D eigenvalue weighted by Gasteiger charge is 2.37. The number of carbonyl (C=O) groups excluding carboxylic acids is 3. The fourth-order valence-electron chi connectivity index (χ4n) is 4.62. The van der Waals surface area contributed by atoms with Crippen LogP contribution in [0.2, 0.25) is 0 Å². The lowest BCUT2D eigenvalue weighted by Gasteiger charge is -2.29. The average Bonchev–Trinajstić information content (AvgIpc) is 3.19. The fraction of sp³-hybridized carbons (Fsp3) is 0.370. The van der Waals surface area contributed by atoms with Crippen LogP contribution in [-0.4, -0.2) is 45.3 Å². The molecule has 11 heteroatoms. The van der Waals surface area contributed by atoms with Crippen molar-refractivity contribution in [2.45, 2.75) is 47.1 Å². The standard InChI is InChI=1S/C27H36N8O3/c1-17(36)33(28)22-14-18(11-13-31-22)25-26(34(29)19-8-6-5-7-9-19)24-20(35(25)30)15-32(16-21(24)37)23(38)10-12-27(2,3)4/h5-9,11,14,31H,10,12-13,15-16,28-30H2,1-4H3. The molecule has 2 amide bonds. The summed E-state index contributed by atoms with van der Waals surface area (Å²) in [4.78, 5) is 40.1. The van der Waals surface area contributed by atoms with E-state index in [1.54, 1.807) is 11.0 Å². The van der Waals surface area contributed by atoms with Crippen molar-refractivity contribution in [3.8, 4) is 0 Å². The first-order valence-electron chi connectivity index (χ1n) is 12.5. The van der Waals surface area contributed by atoms with E-state index in [9.17, 15) is 14.4 Å². The zero-order chi connectivity index (χ0) is 27.8. The number of anilines is 2. The number of hydrazine groups is 2. The highest BCUT2D eigenvalue weighted by atomic mass is 16.2. The molecule has 0 spiro atoms. The van der Waals surface area contributed by atoms with Crippen molar-refractivity contribution in [3.63, 3.8) is 0 Å². The topological polar surface area (TPSA) is 156 Å². The molecule has 2 aromatic rings. The van der Waals surface area contributed by atoms with Gasteiger partial charge in [0, 0.05) is 25.5 Å². The fourth-order valence-corrected chi connectivity index (χ4v) is 4.62. The number of nitrogens with one attached hydrogen (secondary N) is 1. The van der Waals surface area contributed by atoms with Gasteiger partial charge in [-0.1, -0.05) is 45.0 Å². The van der Waals surface area contributed by atoms with Crippen LogP contribution in [0.5, 0.6) is 0 Å². The molecule has 202 valence electrons. The first-order valence-corrected chi connectivity index (χ1v) is 12.5. The quantitative estimate of drug-likeness (QED) is 0.256. The maximum atomic E-state index is 13.6. The Morgan fingerprint density at radius 2 is 1.79 bits per heavy atom. The van der Waals surface area contributed by atoms with Crippen LogP contribution in [0, 0.1) is 5.41 Å². The van der Waals surface area contributed by atoms with E-state index in [4.69, 9.17) is 17.5 Å². The molecular formula is C27H36N8O3. The van der Waals surface area contributed by atoms with Crippen LogP contribution in [0.3, 0.4) is 0 Å². The van der Waals surface area contributed by atoms with Crippen molar-refractivity contribution >= 4 is 34.5 Å². The van der Waals surface area contributed by atoms with Gasteiger partial charge in [0.2, 0.25) is 11.8 Å². The average molecular weight is 521 g/mol. The Bertz CT molecular complexity index is 1320. The molecule has 4 rings (SSSR count). The minimum absolute atomic E-state index is 0.00689. The number of nitrogens with two attached hydrogens (primary N) is 3. The van der Waals surface area contributed by atoms with Gasteiger partial charge in [0.15, 0.2) is 5.78 Å². The number of Topliss-reactive ketones (excluding diaryl/α,β-unsaturated/α-hetero) is 1. The lowest BCUT2D eigenvalue weighted by atomic mass is 9.90. The van der Waals surface area contributed by atoms with Crippen molar-refractivity contribution in [2.24, 2.45) is 17.1 Å². The third-order valence-corrected chi connectivity index (χ3v) is 6.72. The van der Waals surface area contributed by atoms with E-state index in [0.717, 1.165) is 5.01 Å². The predicted octanol–water partition coefficient (Wildman–Crippen LogP) is 2.12. The second-order valence-electron chi connectivity index (χ2n) is 10.8. The number of amides is 2. The van der Waals surface area contributed by atoms with Gasteiger partial charge in [0.25, 0.3) is 0 Å². The number of nitrogens with zero attached hydrogens (tertiary/aromatic N) is 4. The predicted molar refractivity (Wildman–Crippen MR) is 147 cm³/mol. The van der Waals surface area contributed by atoms with E-state index in [2.05, 4.69) is 26.1 Å². The van der Waals surface area contributed by atoms with Gasteiger partial charge in [-0.25, -0.2) is 16.7 Å². The number of dihydropyridines is 1. The third kappa shape index (κ3) is 5.29. The van der Waals surface area contributed by atoms with Crippen molar-refractivity contribution in [3.05, 3.63) is 65.3 Å². The maximum Gasteiger partial charge on any atom is 0.239 e. The molecule has 11 nitrogen and oxygen atoms in total. The van der Waals surface area contributed by atoms with E-state index in [-0.39, 0.29) is 36.1 Å². The first-order chi connectivity index (χ1) is 17.9. The number of benzene rings is 1. The molecule has 0 aliphatic carbocycles. The molecule has 38 heavy (non-hydrogen) atoms. The number of carbonyl (C=O) groups is 3. The molecule has 0 radical (unpaired) electrons. The number of hydrogen-bond donors (Lipinski definition) is 4. The van der Waals surface area contributed by atoms with Crippen LogP contribution in [0.1, 0.15) is 62.3 Å². The molecule has 0 bridgehead atoms. The van der Waals surface area contributed by atoms with Crippen LogP contribution in [0.4, 0.5) is 11.4 Å². The number of fused-ring (bicyclic) bond motifs is 1. The number of para-hydroxylation sites is 1. The third-order valence-electron chi connectivity index (χ3n) is 6.72. The second-order valence-corrected chi connectivity index (χ2v) is 10.8. The Balaban J connectivity index is 1.82. The Hall–Kier alpha value is -4.09. The van der Waals surface area contributed by atoms with E-state index in [1.165, 1.54) is 16.6 Å². The Labute approximate surface area is 222 Å². The van der Waals surface area contributed by atoms with Gasteiger partial charge in [-0.15, -0.1) is 0 Å². The highest BCUT2D eigenvalue weighted by molar-refractivity contribution is 6.09. The molecule has 0 atom stereocenters. The number of rotatable bonds is 6. The molecule has 3 heterocycles. The van der Waals surface area contributed by atoms with E-state index >= 15 is 0 Å². The lowest BCUT2D eigenvalue weighted by molar-refractivity contribution is -0.132. The summed E-state index contributed by atoms with van der Waals surface area (Å²) in [5, 5.41) is 5.52. The van der Waals surface area contributed by atoms with Crippen molar-refractivity contribution in [2.75, 3.05) is 23.9 Å². The van der Waals surface area contributed by atoms with Crippen LogP contribution in [-0.2, 0) is 16.1 Å². The molecule has 1 aromatic heterocycles. The molecule has 0 saturated heterocycles. The van der Waals surface area contributed by atoms with Crippen molar-refractivity contribution in [1.82, 2.24) is 19.9 Å². The number of ketones is 1. The first kappa shape index (κ1) is 27.0. The normalized spacial score (nSPS) is 15.3. The molecular weight excluding hydrogens is 484 g/mol. The van der Waals surface area contributed by atoms with Crippen LogP contribution >= 0.6 is 0 Å². The highest BCUT2D eigenvalue weighted by Crippen LogP contribution is 2.40. The SMILES string of the molecule is CC(=O)N(N)C1=CC(c2c(N(N)c3ccccc3)c3c(n2N)CN(C(=O)CCC(C)(C)C)CC3=O)=CCN1. The Kier molecular flexibility index (Phi) is 7.34. The van der Waals surface area contributed by atoms with Crippen molar-refractivity contribution < 1.29 is 14.4 Å². The monoisotopic (exact) mass is 520 g/mol. The summed E-state index contributed by atoms with van der Waals surface area (Å²) in [6.45, 7) is 8.08. The van der Waals surface area contributed by atoms with Crippen LogP contribution < -0.4 is 27.9 Å². The molecule has 2 aliphatic heterocycles. The zero-order valence-electron chi connectivity index (χ0n) is 22.3. The summed E-state index contributed by atoms with van der Waals surface area (Å²) in [5.41, 5.74) is 3.05. The van der Waals surface area contributed by atoms with Gasteiger partial charge in [-0.05, 0) is 30.0 Å². The van der Waals surface area contributed by atoms with E-state index in [0.29, 0.717) is 59.1 Å². The van der Waals surface area contributed by atoms with Crippen molar-refractivity contribution in [1.29, 1.82) is 0 Å². The number of allylic oxidation sites excluding steroid dienone is 2. The summed E-state index contributed by atoms with van der Waals surface area (Å²) in [6.07, 6.45) is 4.60. The zero-order valence-corrected chi connectivity index (χ0v) is 22.3. The van der Waals surface area contributed by atoms with Crippen LogP contribution in [0.25, 0.3) is 5.57 Å². The summed E-state index contributed by atoms with van der Waals surface area (Å²) < 4.78 is 1.43. The van der Waals surface area contributed by atoms with E-state index < -0.39 is 0 Å². The molecule has 0 saturated carbocycles. The van der Waals surface area contributed by atoms with Gasteiger partial charge >= 0.3 is 0 Å². The number of hydrogen-bond acceptors (Lipinski definition) is 8. The summed E-state index contributed by atoms with van der Waals surface area (Å²) in [6, 6.07) is 9.22. The largest absolute Gasteiger partial charge is 0.367 e. The van der Waals surface area contributed by atoms with Gasteiger partial charge in [0.05, 0.1) is 41.4 Å². The number of aromatic nitrogens is 1. The van der Waals surface area contributed by atoms with Gasteiger partial charge in [-0.2, -0.15) is 0 Å². The summed E-state index contributed by atoms with van der Waals surface area (Å²) >= 11 is 0. The summed E-state index contributed by atoms with van der Waals surface area (Å²) in [7, 11) is 0. The van der Waals surface area contributed by atoms with Gasteiger partial charge in [-0.3, -0.25) is 24.1 Å². The second kappa shape index (κ2) is 10.3. The molecule has 0 fully saturated rings. The Morgan fingerprint density at radius 3 is 2.42 bits per heavy atom. The molecule has 7 N–H and O–H groups in total. The Morgan fingerprint density at radius 1 is 1.11 bits per heavy atom. The van der Waals surface area contributed by atoms with E-state index in [1.807, 2.05) is 36.4 Å². The summed E-state index contributed by atoms with van der Waals surface area (Å²) in [5.74, 6) is 18.9. The molecule has 2 aliphatic rings. The van der Waals surface area contributed by atoms with Gasteiger partial charge < -0.3 is 16.1 Å². The minimum atomic E-state index is -0.350. The molecule has 1 aromatic carbocycles. The maximum absolute atomic E-state index is 13.6. The minimum Gasteiger partial charge on any atom is -0.367 e. The lowest BCUT2D eigenvalue weighted by Crippen LogP contribution is -2.41. The molecule has 0 unspecified atom stereocenters. The smallest absolute Gasteiger partial charge is 0.239 e.